The largest absolute Gasteiger partial charge is 0.460 e. The van der Waals surface area contributed by atoms with E-state index in [4.69, 9.17) is 18.6 Å². The van der Waals surface area contributed by atoms with Gasteiger partial charge in [-0.3, -0.25) is 0 Å². The first-order chi connectivity index (χ1) is 12.9. The first kappa shape index (κ1) is 23.6. The second kappa shape index (κ2) is 13.7. The molecular formula is C20H35NO5Si. The Labute approximate surface area is 164 Å². The van der Waals surface area contributed by atoms with Crippen LogP contribution in [0.15, 0.2) is 24.3 Å². The van der Waals surface area contributed by atoms with Crippen molar-refractivity contribution < 1.29 is 23.4 Å². The molecule has 0 aromatic heterocycles. The number of unbranched alkanes of at least 4 members (excludes halogenated alkanes) is 1. The molecule has 0 aliphatic rings. The summed E-state index contributed by atoms with van der Waals surface area (Å²) in [5, 5.41) is 3.31. The number of ether oxygens (including phenoxy) is 3. The third kappa shape index (κ3) is 12.6. The normalized spacial score (nSPS) is 11.4. The molecule has 0 saturated carbocycles. The SMILES string of the molecule is CCCCNc1ccc(C(=O)OCCOCCOCCO[Si](C)(C)C)cc1. The third-order valence-corrected chi connectivity index (χ3v) is 4.65. The number of hydrogen-bond acceptors (Lipinski definition) is 6. The van der Waals surface area contributed by atoms with Gasteiger partial charge in [0.25, 0.3) is 0 Å². The molecule has 1 aromatic rings. The lowest BCUT2D eigenvalue weighted by molar-refractivity contribution is 0.0102. The summed E-state index contributed by atoms with van der Waals surface area (Å²) in [6, 6.07) is 7.33. The quantitative estimate of drug-likeness (QED) is 0.275. The van der Waals surface area contributed by atoms with Crippen LogP contribution in [-0.2, 0) is 18.6 Å². The van der Waals surface area contributed by atoms with Crippen molar-refractivity contribution in [3.05, 3.63) is 29.8 Å². The minimum Gasteiger partial charge on any atom is -0.460 e. The molecule has 0 aliphatic heterocycles. The average Bonchev–Trinajstić information content (AvgIpc) is 2.63. The van der Waals surface area contributed by atoms with Crippen LogP contribution >= 0.6 is 0 Å². The van der Waals surface area contributed by atoms with Gasteiger partial charge in [0.2, 0.25) is 0 Å². The molecule has 0 bridgehead atoms. The Bertz CT molecular complexity index is 516. The van der Waals surface area contributed by atoms with Gasteiger partial charge in [0.05, 0.1) is 38.6 Å². The molecule has 27 heavy (non-hydrogen) atoms. The van der Waals surface area contributed by atoms with Gasteiger partial charge in [-0.25, -0.2) is 4.79 Å². The highest BCUT2D eigenvalue weighted by Gasteiger charge is 2.13. The Morgan fingerprint density at radius 1 is 0.926 bits per heavy atom. The van der Waals surface area contributed by atoms with Crippen LogP contribution in [0.1, 0.15) is 30.1 Å². The van der Waals surface area contributed by atoms with Crippen molar-refractivity contribution in [2.45, 2.75) is 39.4 Å². The highest BCUT2D eigenvalue weighted by molar-refractivity contribution is 6.69. The first-order valence-corrected chi connectivity index (χ1v) is 13.1. The predicted molar refractivity (Wildman–Crippen MR) is 111 cm³/mol. The van der Waals surface area contributed by atoms with Gasteiger partial charge in [0.15, 0.2) is 8.32 Å². The maximum Gasteiger partial charge on any atom is 0.338 e. The second-order valence-corrected chi connectivity index (χ2v) is 11.7. The van der Waals surface area contributed by atoms with Crippen molar-refractivity contribution in [2.24, 2.45) is 0 Å². The van der Waals surface area contributed by atoms with Gasteiger partial charge in [-0.05, 0) is 50.3 Å². The lowest BCUT2D eigenvalue weighted by Gasteiger charge is -2.16. The van der Waals surface area contributed by atoms with E-state index in [1.54, 1.807) is 12.1 Å². The van der Waals surface area contributed by atoms with Gasteiger partial charge < -0.3 is 24.0 Å². The maximum absolute atomic E-state index is 12.0. The number of hydrogen-bond donors (Lipinski definition) is 1. The Morgan fingerprint density at radius 2 is 1.52 bits per heavy atom. The predicted octanol–water partition coefficient (Wildman–Crippen LogP) is 3.94. The number of nitrogens with one attached hydrogen (secondary N) is 1. The van der Waals surface area contributed by atoms with Crippen LogP contribution in [0.3, 0.4) is 0 Å². The summed E-state index contributed by atoms with van der Waals surface area (Å²) in [6.07, 6.45) is 2.28. The zero-order valence-corrected chi connectivity index (χ0v) is 18.2. The molecule has 0 spiro atoms. The Morgan fingerprint density at radius 3 is 2.11 bits per heavy atom. The topological polar surface area (TPSA) is 66.0 Å². The standard InChI is InChI=1S/C20H35NO5Si/c1-5-6-11-21-19-9-7-18(8-10-19)20(22)25-16-14-23-12-13-24-15-17-26-27(2,3)4/h7-10,21H,5-6,11-17H2,1-4H3. The lowest BCUT2D eigenvalue weighted by atomic mass is 10.2. The minimum absolute atomic E-state index is 0.230. The van der Waals surface area contributed by atoms with Gasteiger partial charge in [-0.1, -0.05) is 13.3 Å². The molecule has 0 fully saturated rings. The van der Waals surface area contributed by atoms with Crippen LogP contribution in [0, 0.1) is 0 Å². The van der Waals surface area contributed by atoms with E-state index < -0.39 is 8.32 Å². The molecule has 7 heteroatoms. The summed E-state index contributed by atoms with van der Waals surface area (Å²) in [4.78, 5) is 12.0. The summed E-state index contributed by atoms with van der Waals surface area (Å²) in [6.45, 7) is 12.3. The highest BCUT2D eigenvalue weighted by atomic mass is 28.4. The van der Waals surface area contributed by atoms with Gasteiger partial charge in [-0.15, -0.1) is 0 Å². The van der Waals surface area contributed by atoms with E-state index in [1.165, 1.54) is 0 Å². The minimum atomic E-state index is -1.46. The summed E-state index contributed by atoms with van der Waals surface area (Å²) in [5.74, 6) is -0.335. The van der Waals surface area contributed by atoms with E-state index in [0.717, 1.165) is 25.1 Å². The number of benzene rings is 1. The number of carbonyl (C=O) groups is 1. The molecule has 0 heterocycles. The Kier molecular flexibility index (Phi) is 12.0. The molecule has 0 radical (unpaired) electrons. The summed E-state index contributed by atoms with van der Waals surface area (Å²) < 4.78 is 21.7. The molecule has 0 atom stereocenters. The van der Waals surface area contributed by atoms with E-state index in [9.17, 15) is 4.79 Å². The number of carbonyl (C=O) groups excluding carboxylic acids is 1. The fourth-order valence-electron chi connectivity index (χ4n) is 2.14. The van der Waals surface area contributed by atoms with Crippen LogP contribution in [-0.4, -0.2) is 60.5 Å². The molecule has 0 amide bonds. The first-order valence-electron chi connectivity index (χ1n) is 9.73. The monoisotopic (exact) mass is 397 g/mol. The van der Waals surface area contributed by atoms with Crippen molar-refractivity contribution in [3.63, 3.8) is 0 Å². The number of rotatable bonds is 15. The van der Waals surface area contributed by atoms with Crippen LogP contribution in [0.4, 0.5) is 5.69 Å². The second-order valence-electron chi connectivity index (χ2n) is 7.18. The number of anilines is 1. The van der Waals surface area contributed by atoms with E-state index in [2.05, 4.69) is 31.9 Å². The number of esters is 1. The van der Waals surface area contributed by atoms with Crippen molar-refractivity contribution >= 4 is 20.0 Å². The molecule has 1 N–H and O–H groups in total. The summed E-state index contributed by atoms with van der Waals surface area (Å²) in [5.41, 5.74) is 1.56. The average molecular weight is 398 g/mol. The van der Waals surface area contributed by atoms with E-state index in [1.807, 2.05) is 12.1 Å². The fraction of sp³-hybridized carbons (Fsp3) is 0.650. The Balaban J connectivity index is 2.04. The van der Waals surface area contributed by atoms with Crippen molar-refractivity contribution in [1.82, 2.24) is 0 Å². The van der Waals surface area contributed by atoms with E-state index >= 15 is 0 Å². The lowest BCUT2D eigenvalue weighted by Crippen LogP contribution is -2.27. The smallest absolute Gasteiger partial charge is 0.338 e. The van der Waals surface area contributed by atoms with Crippen LogP contribution in [0.5, 0.6) is 0 Å². The zero-order chi connectivity index (χ0) is 20.0. The highest BCUT2D eigenvalue weighted by Crippen LogP contribution is 2.10. The fourth-order valence-corrected chi connectivity index (χ4v) is 2.83. The zero-order valence-electron chi connectivity index (χ0n) is 17.2. The molecule has 1 rings (SSSR count). The van der Waals surface area contributed by atoms with Crippen LogP contribution in [0.2, 0.25) is 19.6 Å². The molecule has 6 nitrogen and oxygen atoms in total. The molecule has 1 aromatic carbocycles. The van der Waals surface area contributed by atoms with E-state index in [-0.39, 0.29) is 12.6 Å². The van der Waals surface area contributed by atoms with Crippen LogP contribution in [0.25, 0.3) is 0 Å². The molecule has 0 saturated heterocycles. The van der Waals surface area contributed by atoms with Gasteiger partial charge in [0, 0.05) is 12.2 Å². The van der Waals surface area contributed by atoms with Gasteiger partial charge >= 0.3 is 5.97 Å². The van der Waals surface area contributed by atoms with Gasteiger partial charge in [0.1, 0.15) is 6.61 Å². The molecular weight excluding hydrogens is 362 g/mol. The summed E-state index contributed by atoms with van der Waals surface area (Å²) in [7, 11) is -1.46. The Hall–Kier alpha value is -1.41. The van der Waals surface area contributed by atoms with Crippen LogP contribution < -0.4 is 5.32 Å². The third-order valence-electron chi connectivity index (χ3n) is 3.58. The van der Waals surface area contributed by atoms with Crippen molar-refractivity contribution in [1.29, 1.82) is 0 Å². The van der Waals surface area contributed by atoms with E-state index in [0.29, 0.717) is 38.6 Å². The molecule has 0 aliphatic carbocycles. The molecule has 0 unspecified atom stereocenters. The van der Waals surface area contributed by atoms with Crippen molar-refractivity contribution in [2.75, 3.05) is 51.5 Å². The molecule has 154 valence electrons. The summed E-state index contributed by atoms with van der Waals surface area (Å²) >= 11 is 0. The maximum atomic E-state index is 12.0. The van der Waals surface area contributed by atoms with Gasteiger partial charge in [-0.2, -0.15) is 0 Å². The van der Waals surface area contributed by atoms with Crippen molar-refractivity contribution in [3.8, 4) is 0 Å².